The minimum atomic E-state index is 0.127. The third-order valence-corrected chi connectivity index (χ3v) is 4.31. The maximum Gasteiger partial charge on any atom is 0.224 e. The van der Waals surface area contributed by atoms with Crippen molar-refractivity contribution in [3.05, 3.63) is 47.1 Å². The van der Waals surface area contributed by atoms with Gasteiger partial charge in [-0.2, -0.15) is 4.98 Å². The molecule has 1 aromatic heterocycles. The first kappa shape index (κ1) is 16.5. The summed E-state index contributed by atoms with van der Waals surface area (Å²) in [6.07, 6.45) is 1.75. The Kier molecular flexibility index (Phi) is 5.15. The van der Waals surface area contributed by atoms with E-state index in [1.165, 1.54) is 0 Å². The first-order valence-corrected chi connectivity index (χ1v) is 8.31. The smallest absolute Gasteiger partial charge is 0.224 e. The zero-order valence-electron chi connectivity index (χ0n) is 13.6. The molecule has 0 atom stereocenters. The summed E-state index contributed by atoms with van der Waals surface area (Å²) in [6, 6.07) is 9.58. The van der Waals surface area contributed by atoms with Crippen molar-refractivity contribution in [3.8, 4) is 0 Å². The van der Waals surface area contributed by atoms with Crippen molar-refractivity contribution < 1.29 is 4.79 Å². The number of hydrogen-bond acceptors (Lipinski definition) is 5. The van der Waals surface area contributed by atoms with E-state index in [1.807, 2.05) is 35.2 Å². The average Bonchev–Trinajstić information content (AvgIpc) is 2.61. The number of carbonyl (C=O) groups excluding carboxylic acids is 1. The van der Waals surface area contributed by atoms with Crippen molar-refractivity contribution in [2.45, 2.75) is 13.5 Å². The highest BCUT2D eigenvalue weighted by Crippen LogP contribution is 2.16. The number of hydrogen-bond donors (Lipinski definition) is 1. The van der Waals surface area contributed by atoms with Crippen molar-refractivity contribution in [1.82, 2.24) is 14.9 Å². The molecule has 1 aliphatic rings. The number of benzene rings is 1. The Morgan fingerprint density at radius 3 is 2.54 bits per heavy atom. The molecule has 7 heteroatoms. The first-order chi connectivity index (χ1) is 11.6. The molecule has 0 radical (unpaired) electrons. The molecule has 126 valence electrons. The molecule has 1 N–H and O–H groups in total. The van der Waals surface area contributed by atoms with Crippen LogP contribution in [0.4, 0.5) is 11.8 Å². The van der Waals surface area contributed by atoms with E-state index in [1.54, 1.807) is 13.1 Å². The monoisotopic (exact) mass is 345 g/mol. The molecule has 1 fully saturated rings. The van der Waals surface area contributed by atoms with Crippen molar-refractivity contribution in [3.63, 3.8) is 0 Å². The van der Waals surface area contributed by atoms with Crippen LogP contribution in [0, 0.1) is 0 Å². The van der Waals surface area contributed by atoms with Gasteiger partial charge in [-0.05, 0) is 23.8 Å². The highest BCUT2D eigenvalue weighted by molar-refractivity contribution is 6.30. The van der Waals surface area contributed by atoms with Gasteiger partial charge in [-0.1, -0.05) is 23.7 Å². The summed E-state index contributed by atoms with van der Waals surface area (Å²) < 4.78 is 0. The molecule has 0 aliphatic carbocycles. The van der Waals surface area contributed by atoms with Gasteiger partial charge >= 0.3 is 0 Å². The topological polar surface area (TPSA) is 61.4 Å². The Balaban J connectivity index is 1.60. The van der Waals surface area contributed by atoms with Gasteiger partial charge in [-0.3, -0.25) is 4.79 Å². The fraction of sp³-hybridized carbons (Fsp3) is 0.353. The van der Waals surface area contributed by atoms with Crippen molar-refractivity contribution in [1.29, 1.82) is 0 Å². The molecule has 1 saturated heterocycles. The lowest BCUT2D eigenvalue weighted by atomic mass is 10.2. The maximum atomic E-state index is 11.4. The summed E-state index contributed by atoms with van der Waals surface area (Å²) in [7, 11) is 0. The number of nitrogens with zero attached hydrogens (tertiary/aromatic N) is 4. The number of piperazine rings is 1. The second-order valence-corrected chi connectivity index (χ2v) is 6.15. The molecular weight excluding hydrogens is 326 g/mol. The summed E-state index contributed by atoms with van der Waals surface area (Å²) in [4.78, 5) is 24.3. The molecule has 0 saturated carbocycles. The third-order valence-electron chi connectivity index (χ3n) is 4.05. The lowest BCUT2D eigenvalue weighted by Gasteiger charge is -2.34. The molecule has 6 nitrogen and oxygen atoms in total. The number of carbonyl (C=O) groups is 1. The highest BCUT2D eigenvalue weighted by Gasteiger charge is 2.19. The van der Waals surface area contributed by atoms with Gasteiger partial charge in [0, 0.05) is 50.9 Å². The number of aromatic nitrogens is 2. The molecule has 0 spiro atoms. The molecule has 1 amide bonds. The zero-order chi connectivity index (χ0) is 16.9. The van der Waals surface area contributed by atoms with E-state index in [0.717, 1.165) is 42.6 Å². The van der Waals surface area contributed by atoms with E-state index in [9.17, 15) is 4.79 Å². The summed E-state index contributed by atoms with van der Waals surface area (Å²) in [5.41, 5.74) is 1.11. The normalized spacial score (nSPS) is 14.6. The van der Waals surface area contributed by atoms with Crippen molar-refractivity contribution in [2.75, 3.05) is 36.4 Å². The van der Waals surface area contributed by atoms with Crippen LogP contribution in [0.3, 0.4) is 0 Å². The predicted octanol–water partition coefficient (Wildman–Crippen LogP) is 2.41. The number of anilines is 2. The Labute approximate surface area is 146 Å². The summed E-state index contributed by atoms with van der Waals surface area (Å²) >= 11 is 5.89. The number of halogens is 1. The number of rotatable bonds is 4. The van der Waals surface area contributed by atoms with Gasteiger partial charge in [-0.25, -0.2) is 4.98 Å². The average molecular weight is 346 g/mol. The maximum absolute atomic E-state index is 11.4. The third kappa shape index (κ3) is 4.14. The standard InChI is InChI=1S/C17H20ClN5O/c1-13(24)22-8-10-23(11-9-22)16-6-7-19-17(21-16)20-12-14-2-4-15(18)5-3-14/h2-7H,8-12H2,1H3,(H,19,20,21). The zero-order valence-corrected chi connectivity index (χ0v) is 14.3. The largest absolute Gasteiger partial charge is 0.353 e. The Hall–Kier alpha value is -2.34. The van der Waals surface area contributed by atoms with Crippen LogP contribution < -0.4 is 10.2 Å². The molecule has 2 aromatic rings. The fourth-order valence-corrected chi connectivity index (χ4v) is 2.77. The molecule has 1 aliphatic heterocycles. The second kappa shape index (κ2) is 7.49. The highest BCUT2D eigenvalue weighted by atomic mass is 35.5. The summed E-state index contributed by atoms with van der Waals surface area (Å²) in [6.45, 7) is 5.28. The van der Waals surface area contributed by atoms with Crippen LogP contribution in [0.5, 0.6) is 0 Å². The quantitative estimate of drug-likeness (QED) is 0.922. The Bertz CT molecular complexity index is 698. The first-order valence-electron chi connectivity index (χ1n) is 7.93. The van der Waals surface area contributed by atoms with Gasteiger partial charge in [-0.15, -0.1) is 0 Å². The van der Waals surface area contributed by atoms with Crippen LogP contribution in [-0.4, -0.2) is 47.0 Å². The van der Waals surface area contributed by atoms with Gasteiger partial charge in [0.1, 0.15) is 5.82 Å². The fourth-order valence-electron chi connectivity index (χ4n) is 2.64. The minimum Gasteiger partial charge on any atom is -0.353 e. The molecule has 1 aromatic carbocycles. The van der Waals surface area contributed by atoms with Gasteiger partial charge < -0.3 is 15.1 Å². The summed E-state index contributed by atoms with van der Waals surface area (Å²) in [5, 5.41) is 3.95. The lowest BCUT2D eigenvalue weighted by Crippen LogP contribution is -2.48. The Morgan fingerprint density at radius 1 is 1.17 bits per heavy atom. The van der Waals surface area contributed by atoms with Crippen LogP contribution in [0.2, 0.25) is 5.02 Å². The van der Waals surface area contributed by atoms with E-state index in [4.69, 9.17) is 11.6 Å². The SMILES string of the molecule is CC(=O)N1CCN(c2ccnc(NCc3ccc(Cl)cc3)n2)CC1. The summed E-state index contributed by atoms with van der Waals surface area (Å²) in [5.74, 6) is 1.60. The van der Waals surface area contributed by atoms with Crippen LogP contribution in [0.1, 0.15) is 12.5 Å². The number of amides is 1. The Morgan fingerprint density at radius 2 is 1.88 bits per heavy atom. The van der Waals surface area contributed by atoms with Crippen LogP contribution >= 0.6 is 11.6 Å². The van der Waals surface area contributed by atoms with E-state index < -0.39 is 0 Å². The van der Waals surface area contributed by atoms with Gasteiger partial charge in [0.15, 0.2) is 0 Å². The van der Waals surface area contributed by atoms with Gasteiger partial charge in [0.2, 0.25) is 11.9 Å². The van der Waals surface area contributed by atoms with Crippen LogP contribution in [-0.2, 0) is 11.3 Å². The lowest BCUT2D eigenvalue weighted by molar-refractivity contribution is -0.129. The molecular formula is C17H20ClN5O. The van der Waals surface area contributed by atoms with Crippen molar-refractivity contribution in [2.24, 2.45) is 0 Å². The van der Waals surface area contributed by atoms with Gasteiger partial charge in [0.25, 0.3) is 0 Å². The van der Waals surface area contributed by atoms with E-state index in [0.29, 0.717) is 12.5 Å². The molecule has 0 bridgehead atoms. The van der Waals surface area contributed by atoms with Crippen LogP contribution in [0.15, 0.2) is 36.5 Å². The van der Waals surface area contributed by atoms with E-state index >= 15 is 0 Å². The molecule has 24 heavy (non-hydrogen) atoms. The minimum absolute atomic E-state index is 0.127. The molecule has 0 unspecified atom stereocenters. The van der Waals surface area contributed by atoms with E-state index in [-0.39, 0.29) is 5.91 Å². The molecule has 3 rings (SSSR count). The van der Waals surface area contributed by atoms with Crippen molar-refractivity contribution >= 4 is 29.3 Å². The van der Waals surface area contributed by atoms with Gasteiger partial charge in [0.05, 0.1) is 0 Å². The second-order valence-electron chi connectivity index (χ2n) is 5.71. The van der Waals surface area contributed by atoms with Crippen LogP contribution in [0.25, 0.3) is 0 Å². The number of nitrogens with one attached hydrogen (secondary N) is 1. The van der Waals surface area contributed by atoms with E-state index in [2.05, 4.69) is 20.2 Å². The molecule has 2 heterocycles. The predicted molar refractivity (Wildman–Crippen MR) is 95.3 cm³/mol.